The van der Waals surface area contributed by atoms with Crippen molar-refractivity contribution in [3.8, 4) is 0 Å². The Morgan fingerprint density at radius 1 is 1.33 bits per heavy atom. The summed E-state index contributed by atoms with van der Waals surface area (Å²) in [5.74, 6) is 0.0492. The standard InChI is InChI=1S/C14H28N4O2S/c1-5-7-8-9-14(3,4)11-16-21(19,20)12-10-18(6-2)17-13(12)15/h10,16H,5-9,11H2,1-4H3,(H2,15,17). The van der Waals surface area contributed by atoms with Gasteiger partial charge in [0.2, 0.25) is 10.0 Å². The van der Waals surface area contributed by atoms with Crippen LogP contribution < -0.4 is 10.5 Å². The third-order valence-corrected chi connectivity index (χ3v) is 4.98. The summed E-state index contributed by atoms with van der Waals surface area (Å²) in [5.41, 5.74) is 5.62. The number of nitrogens with two attached hydrogens (primary N) is 1. The Hall–Kier alpha value is -1.08. The summed E-state index contributed by atoms with van der Waals surface area (Å²) >= 11 is 0. The fraction of sp³-hybridized carbons (Fsp3) is 0.786. The molecule has 21 heavy (non-hydrogen) atoms. The van der Waals surface area contributed by atoms with Crippen LogP contribution in [0.2, 0.25) is 0 Å². The molecule has 0 aliphatic rings. The first-order valence-electron chi connectivity index (χ1n) is 7.54. The van der Waals surface area contributed by atoms with Gasteiger partial charge < -0.3 is 5.73 Å². The molecule has 3 N–H and O–H groups in total. The number of nitrogens with one attached hydrogen (secondary N) is 1. The van der Waals surface area contributed by atoms with Gasteiger partial charge in [-0.05, 0) is 18.8 Å². The van der Waals surface area contributed by atoms with E-state index in [1.807, 2.05) is 6.92 Å². The minimum atomic E-state index is -3.60. The van der Waals surface area contributed by atoms with E-state index in [9.17, 15) is 8.42 Å². The van der Waals surface area contributed by atoms with Crippen LogP contribution in [0.15, 0.2) is 11.1 Å². The van der Waals surface area contributed by atoms with Crippen LogP contribution in [-0.2, 0) is 16.6 Å². The molecule has 1 heterocycles. The van der Waals surface area contributed by atoms with Crippen molar-refractivity contribution in [2.75, 3.05) is 12.3 Å². The normalized spacial score (nSPS) is 12.8. The summed E-state index contributed by atoms with van der Waals surface area (Å²) in [6, 6.07) is 0. The Labute approximate surface area is 128 Å². The number of sulfonamides is 1. The molecule has 0 aromatic carbocycles. The largest absolute Gasteiger partial charge is 0.381 e. The molecule has 0 saturated heterocycles. The van der Waals surface area contributed by atoms with E-state index in [4.69, 9.17) is 5.73 Å². The second-order valence-electron chi connectivity index (χ2n) is 6.18. The minimum Gasteiger partial charge on any atom is -0.381 e. The first-order chi connectivity index (χ1) is 9.72. The van der Waals surface area contributed by atoms with Gasteiger partial charge in [0.05, 0.1) is 0 Å². The number of nitrogens with zero attached hydrogens (tertiary/aromatic N) is 2. The van der Waals surface area contributed by atoms with E-state index in [1.165, 1.54) is 17.3 Å². The van der Waals surface area contributed by atoms with Gasteiger partial charge in [-0.25, -0.2) is 13.1 Å². The van der Waals surface area contributed by atoms with Crippen molar-refractivity contribution in [3.05, 3.63) is 6.20 Å². The Morgan fingerprint density at radius 2 is 2.00 bits per heavy atom. The molecule has 0 spiro atoms. The number of hydrogen-bond donors (Lipinski definition) is 2. The van der Waals surface area contributed by atoms with Gasteiger partial charge in [-0.15, -0.1) is 0 Å². The van der Waals surface area contributed by atoms with E-state index in [0.29, 0.717) is 13.1 Å². The lowest BCUT2D eigenvalue weighted by Crippen LogP contribution is -2.34. The molecule has 6 nitrogen and oxygen atoms in total. The lowest BCUT2D eigenvalue weighted by atomic mass is 9.87. The van der Waals surface area contributed by atoms with Crippen molar-refractivity contribution in [1.82, 2.24) is 14.5 Å². The maximum absolute atomic E-state index is 12.3. The molecular formula is C14H28N4O2S. The van der Waals surface area contributed by atoms with Crippen molar-refractivity contribution in [1.29, 1.82) is 0 Å². The number of nitrogen functional groups attached to an aromatic ring is 1. The van der Waals surface area contributed by atoms with Gasteiger partial charge in [-0.3, -0.25) is 4.68 Å². The van der Waals surface area contributed by atoms with Crippen LogP contribution in [0.5, 0.6) is 0 Å². The molecule has 0 aliphatic heterocycles. The molecule has 7 heteroatoms. The average molecular weight is 316 g/mol. The zero-order chi connectivity index (χ0) is 16.1. The Bertz CT molecular complexity index is 549. The first-order valence-corrected chi connectivity index (χ1v) is 9.03. The highest BCUT2D eigenvalue weighted by atomic mass is 32.2. The third-order valence-electron chi connectivity index (χ3n) is 3.57. The number of unbranched alkanes of at least 4 members (excludes halogenated alkanes) is 2. The SMILES string of the molecule is CCCCCC(C)(C)CNS(=O)(=O)c1cn(CC)nc1N. The summed E-state index contributed by atoms with van der Waals surface area (Å²) in [6.07, 6.45) is 5.91. The molecule has 0 fully saturated rings. The minimum absolute atomic E-state index is 0.0492. The summed E-state index contributed by atoms with van der Waals surface area (Å²) in [4.78, 5) is 0.0636. The second-order valence-corrected chi connectivity index (χ2v) is 7.92. The van der Waals surface area contributed by atoms with Crippen molar-refractivity contribution < 1.29 is 8.42 Å². The molecule has 0 atom stereocenters. The predicted molar refractivity (Wildman–Crippen MR) is 85.4 cm³/mol. The molecule has 0 unspecified atom stereocenters. The average Bonchev–Trinajstić information content (AvgIpc) is 2.79. The van der Waals surface area contributed by atoms with Crippen LogP contribution in [-0.4, -0.2) is 24.7 Å². The Kier molecular flexibility index (Phi) is 6.22. The zero-order valence-corrected chi connectivity index (χ0v) is 14.3. The van der Waals surface area contributed by atoms with Crippen molar-refractivity contribution in [3.63, 3.8) is 0 Å². The predicted octanol–water partition coefficient (Wildman–Crippen LogP) is 2.37. The number of aromatic nitrogens is 2. The first kappa shape index (κ1) is 18.0. The molecular weight excluding hydrogens is 288 g/mol. The lowest BCUT2D eigenvalue weighted by Gasteiger charge is -2.24. The number of anilines is 1. The lowest BCUT2D eigenvalue weighted by molar-refractivity contribution is 0.320. The monoisotopic (exact) mass is 316 g/mol. The highest BCUT2D eigenvalue weighted by Gasteiger charge is 2.25. The molecule has 0 saturated carbocycles. The number of hydrogen-bond acceptors (Lipinski definition) is 4. The molecule has 0 radical (unpaired) electrons. The maximum Gasteiger partial charge on any atom is 0.245 e. The van der Waals surface area contributed by atoms with Crippen LogP contribution in [0.4, 0.5) is 5.82 Å². The summed E-state index contributed by atoms with van der Waals surface area (Å²) < 4.78 is 28.8. The summed E-state index contributed by atoms with van der Waals surface area (Å²) in [5, 5.41) is 3.98. The molecule has 1 aromatic heterocycles. The molecule has 0 amide bonds. The second kappa shape index (κ2) is 7.26. The van der Waals surface area contributed by atoms with Crippen molar-refractivity contribution in [2.24, 2.45) is 5.41 Å². The summed E-state index contributed by atoms with van der Waals surface area (Å²) in [6.45, 7) is 9.17. The molecule has 122 valence electrons. The maximum atomic E-state index is 12.3. The highest BCUT2D eigenvalue weighted by Crippen LogP contribution is 2.24. The third kappa shape index (κ3) is 5.32. The zero-order valence-electron chi connectivity index (χ0n) is 13.5. The van der Waals surface area contributed by atoms with Gasteiger partial charge in [0.15, 0.2) is 5.82 Å². The van der Waals surface area contributed by atoms with Crippen LogP contribution in [0.3, 0.4) is 0 Å². The summed E-state index contributed by atoms with van der Waals surface area (Å²) in [7, 11) is -3.60. The fourth-order valence-corrected chi connectivity index (χ4v) is 3.41. The molecule has 0 aliphatic carbocycles. The van der Waals surface area contributed by atoms with E-state index in [2.05, 4.69) is 30.6 Å². The number of aryl methyl sites for hydroxylation is 1. The van der Waals surface area contributed by atoms with E-state index >= 15 is 0 Å². The van der Waals surface area contributed by atoms with Crippen LogP contribution in [0.1, 0.15) is 53.4 Å². The van der Waals surface area contributed by atoms with Gasteiger partial charge in [-0.1, -0.05) is 40.0 Å². The van der Waals surface area contributed by atoms with Crippen molar-refractivity contribution >= 4 is 15.8 Å². The van der Waals surface area contributed by atoms with Gasteiger partial charge in [-0.2, -0.15) is 5.10 Å². The fourth-order valence-electron chi connectivity index (χ4n) is 2.10. The van der Waals surface area contributed by atoms with Crippen LogP contribution >= 0.6 is 0 Å². The van der Waals surface area contributed by atoms with E-state index in [1.54, 1.807) is 0 Å². The smallest absolute Gasteiger partial charge is 0.245 e. The topological polar surface area (TPSA) is 90.0 Å². The van der Waals surface area contributed by atoms with Gasteiger partial charge >= 0.3 is 0 Å². The van der Waals surface area contributed by atoms with Gasteiger partial charge in [0.25, 0.3) is 0 Å². The van der Waals surface area contributed by atoms with Gasteiger partial charge in [0.1, 0.15) is 4.90 Å². The van der Waals surface area contributed by atoms with E-state index in [-0.39, 0.29) is 16.1 Å². The molecule has 0 bridgehead atoms. The molecule has 1 rings (SSSR count). The number of rotatable bonds is 9. The van der Waals surface area contributed by atoms with Crippen LogP contribution in [0, 0.1) is 5.41 Å². The van der Waals surface area contributed by atoms with Gasteiger partial charge in [0, 0.05) is 19.3 Å². The van der Waals surface area contributed by atoms with E-state index < -0.39 is 10.0 Å². The van der Waals surface area contributed by atoms with Crippen molar-refractivity contribution in [2.45, 2.75) is 64.8 Å². The van der Waals surface area contributed by atoms with Crippen LogP contribution in [0.25, 0.3) is 0 Å². The quantitative estimate of drug-likeness (QED) is 0.684. The Morgan fingerprint density at radius 3 is 2.52 bits per heavy atom. The van der Waals surface area contributed by atoms with E-state index in [0.717, 1.165) is 19.3 Å². The highest BCUT2D eigenvalue weighted by molar-refractivity contribution is 7.89. The molecule has 1 aromatic rings. The Balaban J connectivity index is 2.70.